The quantitative estimate of drug-likeness (QED) is 0.323. The molecule has 0 saturated carbocycles. The van der Waals surface area contributed by atoms with Gasteiger partial charge < -0.3 is 15.0 Å². The Morgan fingerprint density at radius 3 is 2.31 bits per heavy atom. The Morgan fingerprint density at radius 1 is 1.12 bits per heavy atom. The lowest BCUT2D eigenvalue weighted by atomic mass is 9.91. The van der Waals surface area contributed by atoms with Crippen LogP contribution < -0.4 is 10.2 Å². The largest absolute Gasteiger partial charge is 0.456 e. The predicted molar refractivity (Wildman–Crippen MR) is 127 cm³/mol. The molecule has 2 aromatic rings. The van der Waals surface area contributed by atoms with Gasteiger partial charge in [0.05, 0.1) is 10.0 Å². The van der Waals surface area contributed by atoms with Crippen molar-refractivity contribution in [3.05, 3.63) is 58.3 Å². The lowest BCUT2D eigenvalue weighted by molar-refractivity contribution is -0.117. The number of benzene rings is 2. The average Bonchev–Trinajstić information content (AvgIpc) is 2.75. The Kier molecular flexibility index (Phi) is 7.33. The van der Waals surface area contributed by atoms with Crippen LogP contribution >= 0.6 is 15.9 Å². The molecular weight excluding hydrogens is 477 g/mol. The summed E-state index contributed by atoms with van der Waals surface area (Å²) in [6.45, 7) is 6.85. The zero-order valence-electron chi connectivity index (χ0n) is 18.4. The highest BCUT2D eigenvalue weighted by molar-refractivity contribution is 9.10. The number of rotatable bonds is 5. The molecule has 2 N–H and O–H groups in total. The van der Waals surface area contributed by atoms with Gasteiger partial charge in [0.15, 0.2) is 5.84 Å². The van der Waals surface area contributed by atoms with Crippen molar-refractivity contribution < 1.29 is 18.7 Å². The number of halogens is 2. The van der Waals surface area contributed by atoms with Crippen molar-refractivity contribution in [1.29, 1.82) is 5.41 Å². The summed E-state index contributed by atoms with van der Waals surface area (Å²) >= 11 is 3.10. The van der Waals surface area contributed by atoms with E-state index in [2.05, 4.69) is 26.1 Å². The molecule has 0 bridgehead atoms. The second-order valence-corrected chi connectivity index (χ2v) is 9.66. The van der Waals surface area contributed by atoms with E-state index in [1.54, 1.807) is 12.1 Å². The monoisotopic (exact) mass is 503 g/mol. The van der Waals surface area contributed by atoms with Gasteiger partial charge in [-0.05, 0) is 92.0 Å². The van der Waals surface area contributed by atoms with Crippen LogP contribution in [-0.2, 0) is 9.53 Å². The summed E-state index contributed by atoms with van der Waals surface area (Å²) < 4.78 is 19.0. The molecule has 1 heterocycles. The Morgan fingerprint density at radius 2 is 1.75 bits per heavy atom. The number of nitrogens with zero attached hydrogens (tertiary/aromatic N) is 1. The fourth-order valence-corrected chi connectivity index (χ4v) is 3.91. The Labute approximate surface area is 195 Å². The maximum absolute atomic E-state index is 13.4. The summed E-state index contributed by atoms with van der Waals surface area (Å²) in [4.78, 5) is 27.0. The summed E-state index contributed by atoms with van der Waals surface area (Å²) in [6.07, 6.45) is 1.26. The van der Waals surface area contributed by atoms with Crippen molar-refractivity contribution in [3.63, 3.8) is 0 Å². The summed E-state index contributed by atoms with van der Waals surface area (Å²) in [5.74, 6) is -1.43. The molecule has 0 atom stereocenters. The highest BCUT2D eigenvalue weighted by atomic mass is 79.9. The first-order valence-electron chi connectivity index (χ1n) is 10.5. The van der Waals surface area contributed by atoms with Gasteiger partial charge in [-0.15, -0.1) is 0 Å². The van der Waals surface area contributed by atoms with Crippen molar-refractivity contribution in [3.8, 4) is 0 Å². The Hall–Kier alpha value is -2.74. The smallest absolute Gasteiger partial charge is 0.338 e. The predicted octanol–water partition coefficient (Wildman–Crippen LogP) is 5.42. The number of carbonyl (C=O) groups excluding carboxylic acids is 2. The van der Waals surface area contributed by atoms with Gasteiger partial charge in [-0.25, -0.2) is 9.18 Å². The lowest BCUT2D eigenvalue weighted by Crippen LogP contribution is -2.39. The number of anilines is 2. The highest BCUT2D eigenvalue weighted by Gasteiger charge is 2.28. The second kappa shape index (κ2) is 9.81. The number of carbonyl (C=O) groups is 2. The van der Waals surface area contributed by atoms with E-state index in [-0.39, 0.29) is 28.0 Å². The maximum Gasteiger partial charge on any atom is 0.338 e. The van der Waals surface area contributed by atoms with Gasteiger partial charge in [-0.2, -0.15) is 0 Å². The normalized spacial score (nSPS) is 14.7. The standard InChI is InChI=1S/C24H27BrFN3O3/c1-24(2,3)32-23(31)16-4-7-18(8-5-16)29-12-10-15(11-13-29)21(30)22(27)28-17-6-9-20(26)19(25)14-17/h4-9,14-15H,10-13H2,1-3H3,(H2,27,28). The summed E-state index contributed by atoms with van der Waals surface area (Å²) in [5.41, 5.74) is 1.42. The molecule has 0 amide bonds. The second-order valence-electron chi connectivity index (χ2n) is 8.80. The van der Waals surface area contributed by atoms with E-state index >= 15 is 0 Å². The van der Waals surface area contributed by atoms with Gasteiger partial charge in [0, 0.05) is 30.4 Å². The van der Waals surface area contributed by atoms with Gasteiger partial charge in [-0.1, -0.05) is 0 Å². The fourth-order valence-electron chi connectivity index (χ4n) is 3.53. The van der Waals surface area contributed by atoms with Crippen molar-refractivity contribution >= 4 is 44.9 Å². The van der Waals surface area contributed by atoms with Crippen LogP contribution in [0, 0.1) is 17.1 Å². The number of ether oxygens (including phenoxy) is 1. The molecule has 1 aliphatic rings. The van der Waals surface area contributed by atoms with E-state index in [4.69, 9.17) is 10.1 Å². The number of piperidine rings is 1. The zero-order valence-corrected chi connectivity index (χ0v) is 20.0. The van der Waals surface area contributed by atoms with Crippen LogP contribution in [0.25, 0.3) is 0 Å². The molecule has 0 radical (unpaired) electrons. The molecule has 0 spiro atoms. The van der Waals surface area contributed by atoms with Crippen LogP contribution in [0.2, 0.25) is 0 Å². The number of ketones is 1. The van der Waals surface area contributed by atoms with Gasteiger partial charge in [-0.3, -0.25) is 10.2 Å². The van der Waals surface area contributed by atoms with Gasteiger partial charge >= 0.3 is 5.97 Å². The molecule has 8 heteroatoms. The molecule has 170 valence electrons. The average molecular weight is 504 g/mol. The minimum absolute atomic E-state index is 0.191. The molecule has 6 nitrogen and oxygen atoms in total. The van der Waals surface area contributed by atoms with Crippen LogP contribution in [0.15, 0.2) is 46.9 Å². The van der Waals surface area contributed by atoms with Crippen LogP contribution in [0.3, 0.4) is 0 Å². The third kappa shape index (κ3) is 6.16. The van der Waals surface area contributed by atoms with Crippen LogP contribution in [-0.4, -0.2) is 36.3 Å². The molecule has 0 unspecified atom stereocenters. The number of hydrogen-bond acceptors (Lipinski definition) is 5. The minimum atomic E-state index is -0.542. The topological polar surface area (TPSA) is 82.5 Å². The first-order valence-corrected chi connectivity index (χ1v) is 11.3. The van der Waals surface area contributed by atoms with E-state index in [0.717, 1.165) is 5.69 Å². The van der Waals surface area contributed by atoms with Crippen molar-refractivity contribution in [1.82, 2.24) is 0 Å². The number of esters is 1. The fraction of sp³-hybridized carbons (Fsp3) is 0.375. The van der Waals surface area contributed by atoms with Gasteiger partial charge in [0.25, 0.3) is 0 Å². The number of Topliss-reactive ketones (excluding diaryl/α,β-unsaturated/α-hetero) is 1. The van der Waals surface area contributed by atoms with Crippen molar-refractivity contribution in [2.75, 3.05) is 23.3 Å². The number of nitrogens with one attached hydrogen (secondary N) is 2. The van der Waals surface area contributed by atoms with Gasteiger partial charge in [0.2, 0.25) is 5.78 Å². The van der Waals surface area contributed by atoms with E-state index < -0.39 is 11.4 Å². The van der Waals surface area contributed by atoms with E-state index in [0.29, 0.717) is 37.2 Å². The molecule has 0 aliphatic carbocycles. The SMILES string of the molecule is CC(C)(C)OC(=O)c1ccc(N2CCC(C(=O)C(=N)Nc3ccc(F)c(Br)c3)CC2)cc1. The molecule has 0 aromatic heterocycles. The minimum Gasteiger partial charge on any atom is -0.456 e. The van der Waals surface area contributed by atoms with E-state index in [1.165, 1.54) is 18.2 Å². The first kappa shape index (κ1) is 23.9. The molecule has 1 saturated heterocycles. The number of amidine groups is 1. The molecule has 1 fully saturated rings. The third-order valence-corrected chi connectivity index (χ3v) is 5.78. The van der Waals surface area contributed by atoms with Crippen molar-refractivity contribution in [2.24, 2.45) is 5.92 Å². The van der Waals surface area contributed by atoms with E-state index in [9.17, 15) is 14.0 Å². The van der Waals surface area contributed by atoms with E-state index in [1.807, 2.05) is 32.9 Å². The van der Waals surface area contributed by atoms with Crippen molar-refractivity contribution in [2.45, 2.75) is 39.2 Å². The molecule has 3 rings (SSSR count). The zero-order chi connectivity index (χ0) is 23.5. The summed E-state index contributed by atoms with van der Waals surface area (Å²) in [5, 5.41) is 10.9. The summed E-state index contributed by atoms with van der Waals surface area (Å²) in [7, 11) is 0. The Bertz CT molecular complexity index is 1010. The third-order valence-electron chi connectivity index (χ3n) is 5.17. The molecule has 32 heavy (non-hydrogen) atoms. The highest BCUT2D eigenvalue weighted by Crippen LogP contribution is 2.26. The lowest BCUT2D eigenvalue weighted by Gasteiger charge is -2.33. The van der Waals surface area contributed by atoms with Crippen LogP contribution in [0.1, 0.15) is 44.0 Å². The van der Waals surface area contributed by atoms with Crippen LogP contribution in [0.5, 0.6) is 0 Å². The maximum atomic E-state index is 13.4. The molecule has 1 aliphatic heterocycles. The summed E-state index contributed by atoms with van der Waals surface area (Å²) in [6, 6.07) is 11.5. The molecular formula is C24H27BrFN3O3. The first-order chi connectivity index (χ1) is 15.0. The Balaban J connectivity index is 1.54. The molecule has 2 aromatic carbocycles. The number of hydrogen-bond donors (Lipinski definition) is 2. The van der Waals surface area contributed by atoms with Gasteiger partial charge in [0.1, 0.15) is 11.4 Å². The van der Waals surface area contributed by atoms with Crippen LogP contribution in [0.4, 0.5) is 15.8 Å².